The third kappa shape index (κ3) is 5.33. The Morgan fingerprint density at radius 1 is 0.583 bits per heavy atom. The Kier molecular flexibility index (Phi) is 6.21. The number of rotatable bonds is 6. The van der Waals surface area contributed by atoms with Crippen LogP contribution in [0, 0.1) is 0 Å². The molecule has 0 amide bonds. The highest BCUT2D eigenvalue weighted by Crippen LogP contribution is 2.08. The van der Waals surface area contributed by atoms with Crippen molar-refractivity contribution >= 4 is 23.7 Å². The molecule has 0 N–H and O–H groups in total. The summed E-state index contributed by atoms with van der Waals surface area (Å²) in [7, 11) is 0. The number of hydrogen-bond acceptors (Lipinski definition) is 2. The van der Waals surface area contributed by atoms with E-state index < -0.39 is 0 Å². The molecule has 120 valence electrons. The maximum Gasteiger partial charge on any atom is 0.159 e. The van der Waals surface area contributed by atoms with Gasteiger partial charge in [-0.1, -0.05) is 85.0 Å². The van der Waals surface area contributed by atoms with Crippen molar-refractivity contribution in [3.63, 3.8) is 0 Å². The molecule has 0 aliphatic rings. The van der Waals surface area contributed by atoms with Gasteiger partial charge in [0.25, 0.3) is 0 Å². The van der Waals surface area contributed by atoms with E-state index in [1.54, 1.807) is 13.8 Å². The molecule has 0 fully saturated rings. The molecule has 0 aromatic heterocycles. The van der Waals surface area contributed by atoms with Crippen LogP contribution in [0.3, 0.4) is 0 Å². The lowest BCUT2D eigenvalue weighted by Crippen LogP contribution is -1.90. The second-order valence-electron chi connectivity index (χ2n) is 5.46. The molecule has 24 heavy (non-hydrogen) atoms. The van der Waals surface area contributed by atoms with Crippen LogP contribution in [0.1, 0.15) is 45.7 Å². The lowest BCUT2D eigenvalue weighted by Gasteiger charge is -1.96. The minimum atomic E-state index is 0.0758. The van der Waals surface area contributed by atoms with E-state index in [1.165, 1.54) is 0 Å². The summed E-state index contributed by atoms with van der Waals surface area (Å²) in [5.41, 5.74) is 3.55. The average molecular weight is 316 g/mol. The summed E-state index contributed by atoms with van der Waals surface area (Å²) in [4.78, 5) is 22.4. The van der Waals surface area contributed by atoms with Crippen molar-refractivity contribution in [1.29, 1.82) is 0 Å². The summed E-state index contributed by atoms with van der Waals surface area (Å²) in [5.74, 6) is 0.152. The number of Topliss-reactive ketones (excluding diaryl/α,β-unsaturated/α-hetero) is 2. The van der Waals surface area contributed by atoms with E-state index in [-0.39, 0.29) is 11.6 Å². The molecule has 2 nitrogen and oxygen atoms in total. The zero-order chi connectivity index (χ0) is 17.4. The minimum Gasteiger partial charge on any atom is -0.295 e. The molecule has 2 heteroatoms. The van der Waals surface area contributed by atoms with Gasteiger partial charge in [0.15, 0.2) is 11.6 Å². The zero-order valence-corrected chi connectivity index (χ0v) is 13.9. The van der Waals surface area contributed by atoms with E-state index in [9.17, 15) is 9.59 Å². The Bertz CT molecular complexity index is 719. The molecule has 0 radical (unpaired) electrons. The molecule has 0 unspecified atom stereocenters. The van der Waals surface area contributed by atoms with Crippen molar-refractivity contribution in [3.8, 4) is 0 Å². The first-order valence-electron chi connectivity index (χ1n) is 7.79. The largest absolute Gasteiger partial charge is 0.295 e. The summed E-state index contributed by atoms with van der Waals surface area (Å²) in [6.07, 6.45) is 11.8. The molecule has 2 rings (SSSR count). The van der Waals surface area contributed by atoms with Crippen LogP contribution in [0.2, 0.25) is 0 Å². The Balaban J connectivity index is 1.89. The van der Waals surface area contributed by atoms with Crippen molar-refractivity contribution < 1.29 is 9.59 Å². The van der Waals surface area contributed by atoms with Gasteiger partial charge < -0.3 is 0 Å². The topological polar surface area (TPSA) is 34.1 Å². The third-order valence-electron chi connectivity index (χ3n) is 3.55. The van der Waals surface area contributed by atoms with E-state index in [4.69, 9.17) is 0 Å². The van der Waals surface area contributed by atoms with Gasteiger partial charge in [0.2, 0.25) is 0 Å². The van der Waals surface area contributed by atoms with Crippen LogP contribution >= 0.6 is 0 Å². The Morgan fingerprint density at radius 3 is 1.21 bits per heavy atom. The maximum absolute atomic E-state index is 11.2. The van der Waals surface area contributed by atoms with Crippen molar-refractivity contribution in [1.82, 2.24) is 0 Å². The highest BCUT2D eigenvalue weighted by molar-refractivity contribution is 5.94. The summed E-state index contributed by atoms with van der Waals surface area (Å²) in [6, 6.07) is 15.0. The molecule has 0 atom stereocenters. The second kappa shape index (κ2) is 8.59. The molecule has 0 heterocycles. The molecule has 2 aromatic rings. The van der Waals surface area contributed by atoms with Gasteiger partial charge in [0.05, 0.1) is 0 Å². The molecular weight excluding hydrogens is 296 g/mol. The van der Waals surface area contributed by atoms with Gasteiger partial charge in [-0.05, 0) is 25.0 Å². The number of allylic oxidation sites excluding steroid dienone is 4. The van der Waals surface area contributed by atoms with Crippen LogP contribution in [0.25, 0.3) is 12.2 Å². The SMILES string of the molecule is CC(=O)c1ccc(/C=C/C=C/C=C/c2ccc(C(C)=O)cc2)cc1. The van der Waals surface area contributed by atoms with Crippen molar-refractivity contribution in [2.45, 2.75) is 13.8 Å². The average Bonchev–Trinajstić information content (AvgIpc) is 2.58. The molecular formula is C22H20O2. The van der Waals surface area contributed by atoms with E-state index in [2.05, 4.69) is 0 Å². The van der Waals surface area contributed by atoms with E-state index in [0.29, 0.717) is 0 Å². The Labute approximate surface area is 142 Å². The maximum atomic E-state index is 11.2. The predicted molar refractivity (Wildman–Crippen MR) is 100 cm³/mol. The third-order valence-corrected chi connectivity index (χ3v) is 3.55. The first-order valence-corrected chi connectivity index (χ1v) is 7.79. The van der Waals surface area contributed by atoms with Gasteiger partial charge in [0.1, 0.15) is 0 Å². The van der Waals surface area contributed by atoms with Gasteiger partial charge in [-0.25, -0.2) is 0 Å². The number of hydrogen-bond donors (Lipinski definition) is 0. The number of carbonyl (C=O) groups excluding carboxylic acids is 2. The molecule has 0 aliphatic carbocycles. The molecule has 0 spiro atoms. The van der Waals surface area contributed by atoms with Gasteiger partial charge in [0, 0.05) is 11.1 Å². The van der Waals surface area contributed by atoms with E-state index in [1.807, 2.05) is 85.0 Å². The molecule has 0 aliphatic heterocycles. The van der Waals surface area contributed by atoms with Crippen LogP contribution < -0.4 is 0 Å². The van der Waals surface area contributed by atoms with Gasteiger partial charge in [-0.15, -0.1) is 0 Å². The van der Waals surface area contributed by atoms with Gasteiger partial charge >= 0.3 is 0 Å². The lowest BCUT2D eigenvalue weighted by molar-refractivity contribution is 0.100. The fourth-order valence-electron chi connectivity index (χ4n) is 2.12. The minimum absolute atomic E-state index is 0.0758. The Hall–Kier alpha value is -3.00. The lowest BCUT2D eigenvalue weighted by atomic mass is 10.1. The first-order chi connectivity index (χ1) is 11.6. The summed E-state index contributed by atoms with van der Waals surface area (Å²) in [6.45, 7) is 3.13. The smallest absolute Gasteiger partial charge is 0.159 e. The highest BCUT2D eigenvalue weighted by atomic mass is 16.1. The van der Waals surface area contributed by atoms with Gasteiger partial charge in [-0.2, -0.15) is 0 Å². The van der Waals surface area contributed by atoms with Crippen LogP contribution in [-0.2, 0) is 0 Å². The molecule has 0 saturated heterocycles. The quantitative estimate of drug-likeness (QED) is 0.530. The normalized spacial score (nSPS) is 11.6. The fraction of sp³-hybridized carbons (Fsp3) is 0.0909. The summed E-state index contributed by atoms with van der Waals surface area (Å²) in [5, 5.41) is 0. The number of benzene rings is 2. The monoisotopic (exact) mass is 316 g/mol. The van der Waals surface area contributed by atoms with Crippen molar-refractivity contribution in [2.24, 2.45) is 0 Å². The molecule has 2 aromatic carbocycles. The fourth-order valence-corrected chi connectivity index (χ4v) is 2.12. The predicted octanol–water partition coefficient (Wildman–Crippen LogP) is 5.37. The van der Waals surface area contributed by atoms with Crippen LogP contribution in [-0.4, -0.2) is 11.6 Å². The number of carbonyl (C=O) groups is 2. The van der Waals surface area contributed by atoms with E-state index >= 15 is 0 Å². The standard InChI is InChI=1S/C22H20O2/c1-17(23)21-13-9-19(10-14-21)7-5-3-4-6-8-20-11-15-22(16-12-20)18(2)24/h3-16H,1-2H3/b4-3+,7-5+,8-6+. The van der Waals surface area contributed by atoms with Gasteiger partial charge in [-0.3, -0.25) is 9.59 Å². The second-order valence-corrected chi connectivity index (χ2v) is 5.46. The highest BCUT2D eigenvalue weighted by Gasteiger charge is 1.97. The summed E-state index contributed by atoms with van der Waals surface area (Å²) >= 11 is 0. The van der Waals surface area contributed by atoms with Crippen molar-refractivity contribution in [3.05, 3.63) is 95.1 Å². The molecule has 0 bridgehead atoms. The number of ketones is 2. The first kappa shape index (κ1) is 17.4. The van der Waals surface area contributed by atoms with Crippen molar-refractivity contribution in [2.75, 3.05) is 0 Å². The summed E-state index contributed by atoms with van der Waals surface area (Å²) < 4.78 is 0. The van der Waals surface area contributed by atoms with Crippen LogP contribution in [0.15, 0.2) is 72.8 Å². The molecule has 0 saturated carbocycles. The Morgan fingerprint density at radius 2 is 0.917 bits per heavy atom. The zero-order valence-electron chi connectivity index (χ0n) is 13.9. The van der Waals surface area contributed by atoms with E-state index in [0.717, 1.165) is 22.3 Å². The van der Waals surface area contributed by atoms with Crippen LogP contribution in [0.4, 0.5) is 0 Å². The van der Waals surface area contributed by atoms with Crippen LogP contribution in [0.5, 0.6) is 0 Å².